The fraction of sp³-hybridized carbons (Fsp3) is 0.435. The van der Waals surface area contributed by atoms with Crippen molar-refractivity contribution in [2.45, 2.75) is 51.7 Å². The van der Waals surface area contributed by atoms with Crippen molar-refractivity contribution in [3.8, 4) is 5.75 Å². The van der Waals surface area contributed by atoms with E-state index in [1.54, 1.807) is 24.3 Å². The van der Waals surface area contributed by atoms with Crippen molar-refractivity contribution in [2.24, 2.45) is 0 Å². The Kier molecular flexibility index (Phi) is 6.41. The van der Waals surface area contributed by atoms with Crippen LogP contribution in [-0.4, -0.2) is 32.7 Å². The van der Waals surface area contributed by atoms with E-state index in [0.717, 1.165) is 16.9 Å². The molecule has 1 amide bonds. The monoisotopic (exact) mass is 430 g/mol. The lowest BCUT2D eigenvalue weighted by Gasteiger charge is -2.38. The molecule has 1 unspecified atom stereocenters. The summed E-state index contributed by atoms with van der Waals surface area (Å²) in [6, 6.07) is 14.8. The molecule has 1 atom stereocenters. The molecule has 0 bridgehead atoms. The van der Waals surface area contributed by atoms with Crippen LogP contribution in [0.3, 0.4) is 0 Å². The number of rotatable bonds is 7. The van der Waals surface area contributed by atoms with E-state index in [-0.39, 0.29) is 30.5 Å². The zero-order valence-electron chi connectivity index (χ0n) is 18.0. The molecule has 1 heterocycles. The maximum Gasteiger partial charge on any atom is 0.232 e. The number of nitrogens with one attached hydrogen (secondary N) is 1. The molecule has 2 aromatic rings. The quantitative estimate of drug-likeness (QED) is 0.721. The molecule has 0 radical (unpaired) electrons. The van der Waals surface area contributed by atoms with Crippen molar-refractivity contribution in [3.05, 3.63) is 59.7 Å². The number of hydrogen-bond donors (Lipinski definition) is 1. The molecule has 0 spiro atoms. The number of fused-ring (bicyclic) bond motifs is 1. The highest BCUT2D eigenvalue weighted by molar-refractivity contribution is 7.92. The molecule has 1 aliphatic rings. The molecule has 30 heavy (non-hydrogen) atoms. The van der Waals surface area contributed by atoms with Crippen LogP contribution in [0.4, 0.5) is 5.69 Å². The van der Waals surface area contributed by atoms with Crippen LogP contribution < -0.4 is 14.4 Å². The van der Waals surface area contributed by atoms with Gasteiger partial charge in [0, 0.05) is 24.9 Å². The van der Waals surface area contributed by atoms with E-state index in [4.69, 9.17) is 4.74 Å². The normalized spacial score (nSPS) is 17.5. The summed E-state index contributed by atoms with van der Waals surface area (Å²) < 4.78 is 31.8. The van der Waals surface area contributed by atoms with Crippen molar-refractivity contribution < 1.29 is 17.9 Å². The van der Waals surface area contributed by atoms with Gasteiger partial charge in [-0.25, -0.2) is 8.42 Å². The first kappa shape index (κ1) is 22.2. The van der Waals surface area contributed by atoms with Gasteiger partial charge >= 0.3 is 0 Å². The van der Waals surface area contributed by atoms with Gasteiger partial charge in [-0.05, 0) is 51.0 Å². The van der Waals surface area contributed by atoms with Gasteiger partial charge in [0.2, 0.25) is 15.9 Å². The summed E-state index contributed by atoms with van der Waals surface area (Å²) in [6.45, 7) is 6.30. The lowest BCUT2D eigenvalue weighted by atomic mass is 9.89. The van der Waals surface area contributed by atoms with Crippen molar-refractivity contribution in [3.63, 3.8) is 0 Å². The first-order valence-corrected chi connectivity index (χ1v) is 12.0. The summed E-state index contributed by atoms with van der Waals surface area (Å²) in [5.74, 6) is 0.717. The van der Waals surface area contributed by atoms with Crippen LogP contribution in [0.5, 0.6) is 5.75 Å². The highest BCUT2D eigenvalue weighted by Crippen LogP contribution is 2.39. The number of para-hydroxylation sites is 1. The average molecular weight is 431 g/mol. The standard InChI is InChI=1S/C23H30N2O4S/c1-17-12-13-19-20(16-23(2,3)29-21(19)15-17)24-22(26)11-8-14-25(30(4,27)28)18-9-6-5-7-10-18/h5-7,9-10,12-13,15,20H,8,11,14,16H2,1-4H3,(H,24,26). The minimum Gasteiger partial charge on any atom is -0.487 e. The zero-order valence-corrected chi connectivity index (χ0v) is 18.8. The number of carbonyl (C=O) groups is 1. The summed E-state index contributed by atoms with van der Waals surface area (Å²) in [6.07, 6.45) is 2.54. The number of nitrogens with zero attached hydrogens (tertiary/aromatic N) is 1. The zero-order chi connectivity index (χ0) is 21.9. The Morgan fingerprint density at radius 3 is 2.57 bits per heavy atom. The van der Waals surface area contributed by atoms with Crippen LogP contribution in [-0.2, 0) is 14.8 Å². The van der Waals surface area contributed by atoms with E-state index in [1.165, 1.54) is 10.6 Å². The molecular formula is C23H30N2O4S. The molecule has 0 fully saturated rings. The first-order chi connectivity index (χ1) is 14.0. The Morgan fingerprint density at radius 2 is 1.90 bits per heavy atom. The summed E-state index contributed by atoms with van der Waals surface area (Å²) in [5, 5.41) is 3.12. The van der Waals surface area contributed by atoms with E-state index in [9.17, 15) is 13.2 Å². The molecule has 0 aromatic heterocycles. The van der Waals surface area contributed by atoms with Gasteiger partial charge in [-0.2, -0.15) is 0 Å². The van der Waals surface area contributed by atoms with E-state index < -0.39 is 10.0 Å². The Bertz CT molecular complexity index is 1000. The number of ether oxygens (including phenoxy) is 1. The molecule has 1 aliphatic heterocycles. The molecule has 7 heteroatoms. The van der Waals surface area contributed by atoms with E-state index in [1.807, 2.05) is 45.0 Å². The molecule has 0 aliphatic carbocycles. The number of amides is 1. The molecule has 0 saturated heterocycles. The van der Waals surface area contributed by atoms with Gasteiger partial charge in [0.15, 0.2) is 0 Å². The molecule has 6 nitrogen and oxygen atoms in total. The number of aryl methyl sites for hydroxylation is 1. The Morgan fingerprint density at radius 1 is 1.20 bits per heavy atom. The Labute approximate surface area is 179 Å². The third kappa shape index (κ3) is 5.53. The van der Waals surface area contributed by atoms with E-state index in [2.05, 4.69) is 5.32 Å². The first-order valence-electron chi connectivity index (χ1n) is 10.2. The molecular weight excluding hydrogens is 400 g/mol. The summed E-state index contributed by atoms with van der Waals surface area (Å²) in [5.41, 5.74) is 2.32. The van der Waals surface area contributed by atoms with Crippen LogP contribution >= 0.6 is 0 Å². The SMILES string of the molecule is Cc1ccc2c(c1)OC(C)(C)CC2NC(=O)CCCN(c1ccccc1)S(C)(=O)=O. The average Bonchev–Trinajstić information content (AvgIpc) is 2.63. The number of sulfonamides is 1. The van der Waals surface area contributed by atoms with Gasteiger partial charge in [-0.3, -0.25) is 9.10 Å². The van der Waals surface area contributed by atoms with Crippen LogP contribution in [0.2, 0.25) is 0 Å². The van der Waals surface area contributed by atoms with Gasteiger partial charge in [0.25, 0.3) is 0 Å². The predicted molar refractivity (Wildman–Crippen MR) is 119 cm³/mol. The summed E-state index contributed by atoms with van der Waals surface area (Å²) in [4.78, 5) is 12.6. The van der Waals surface area contributed by atoms with Gasteiger partial charge < -0.3 is 10.1 Å². The Balaban J connectivity index is 1.63. The number of carbonyl (C=O) groups excluding carboxylic acids is 1. The highest BCUT2D eigenvalue weighted by Gasteiger charge is 2.34. The molecule has 162 valence electrons. The third-order valence-electron chi connectivity index (χ3n) is 5.17. The fourth-order valence-corrected chi connectivity index (χ4v) is 4.78. The smallest absolute Gasteiger partial charge is 0.232 e. The molecule has 3 rings (SSSR count). The third-order valence-corrected chi connectivity index (χ3v) is 6.37. The lowest BCUT2D eigenvalue weighted by Crippen LogP contribution is -2.41. The lowest BCUT2D eigenvalue weighted by molar-refractivity contribution is -0.122. The van der Waals surface area contributed by atoms with Gasteiger partial charge in [0.05, 0.1) is 18.0 Å². The van der Waals surface area contributed by atoms with Crippen LogP contribution in [0.1, 0.15) is 50.3 Å². The predicted octanol–water partition coefficient (Wildman–Crippen LogP) is 3.96. The molecule has 2 aromatic carbocycles. The van der Waals surface area contributed by atoms with Crippen LogP contribution in [0.25, 0.3) is 0 Å². The van der Waals surface area contributed by atoms with Crippen molar-refractivity contribution in [1.82, 2.24) is 5.32 Å². The minimum atomic E-state index is -3.42. The second kappa shape index (κ2) is 8.68. The van der Waals surface area contributed by atoms with Crippen LogP contribution in [0.15, 0.2) is 48.5 Å². The maximum absolute atomic E-state index is 12.6. The second-order valence-corrected chi connectivity index (χ2v) is 10.4. The van der Waals surface area contributed by atoms with Gasteiger partial charge in [-0.1, -0.05) is 30.3 Å². The minimum absolute atomic E-state index is 0.0919. The van der Waals surface area contributed by atoms with E-state index in [0.29, 0.717) is 18.5 Å². The van der Waals surface area contributed by atoms with Crippen LogP contribution in [0, 0.1) is 6.92 Å². The maximum atomic E-state index is 12.6. The molecule has 0 saturated carbocycles. The van der Waals surface area contributed by atoms with Gasteiger partial charge in [-0.15, -0.1) is 0 Å². The fourth-order valence-electron chi connectivity index (χ4n) is 3.82. The molecule has 1 N–H and O–H groups in total. The topological polar surface area (TPSA) is 75.7 Å². The second-order valence-electron chi connectivity index (χ2n) is 8.50. The van der Waals surface area contributed by atoms with Gasteiger partial charge in [0.1, 0.15) is 11.4 Å². The Hall–Kier alpha value is -2.54. The summed E-state index contributed by atoms with van der Waals surface area (Å²) >= 11 is 0. The largest absolute Gasteiger partial charge is 0.487 e. The van der Waals surface area contributed by atoms with Crippen molar-refractivity contribution in [2.75, 3.05) is 17.1 Å². The highest BCUT2D eigenvalue weighted by atomic mass is 32.2. The van der Waals surface area contributed by atoms with E-state index >= 15 is 0 Å². The van der Waals surface area contributed by atoms with Crippen molar-refractivity contribution in [1.29, 1.82) is 0 Å². The summed E-state index contributed by atoms with van der Waals surface area (Å²) in [7, 11) is -3.42. The van der Waals surface area contributed by atoms with Crippen molar-refractivity contribution >= 4 is 21.6 Å². The number of anilines is 1. The number of hydrogen-bond acceptors (Lipinski definition) is 4. The number of benzene rings is 2.